The van der Waals surface area contributed by atoms with Gasteiger partial charge in [0.1, 0.15) is 11.5 Å². The lowest BCUT2D eigenvalue weighted by Crippen LogP contribution is -2.24. The van der Waals surface area contributed by atoms with Crippen LogP contribution in [0.3, 0.4) is 0 Å². The third-order valence-corrected chi connectivity index (χ3v) is 4.08. The Hall–Kier alpha value is -3.54. The van der Waals surface area contributed by atoms with Crippen LogP contribution in [0.1, 0.15) is 32.0 Å². The van der Waals surface area contributed by atoms with Crippen molar-refractivity contribution in [2.24, 2.45) is 0 Å². The summed E-state index contributed by atoms with van der Waals surface area (Å²) in [6.45, 7) is 2.14. The molecule has 1 heterocycles. The van der Waals surface area contributed by atoms with Crippen molar-refractivity contribution in [3.8, 4) is 5.75 Å². The molecule has 6 nitrogen and oxygen atoms in total. The molecule has 27 heavy (non-hydrogen) atoms. The number of hydrogen-bond donors (Lipinski definition) is 2. The van der Waals surface area contributed by atoms with E-state index in [1.54, 1.807) is 68.0 Å². The first-order valence-electron chi connectivity index (χ1n) is 8.44. The number of anilines is 1. The van der Waals surface area contributed by atoms with Gasteiger partial charge in [-0.15, -0.1) is 0 Å². The summed E-state index contributed by atoms with van der Waals surface area (Å²) in [4.78, 5) is 25.1. The Morgan fingerprint density at radius 3 is 2.56 bits per heavy atom. The number of ether oxygens (including phenoxy) is 1. The number of para-hydroxylation sites is 1. The van der Waals surface area contributed by atoms with Crippen molar-refractivity contribution in [1.82, 2.24) is 5.32 Å². The van der Waals surface area contributed by atoms with Crippen molar-refractivity contribution in [1.29, 1.82) is 0 Å². The van der Waals surface area contributed by atoms with Gasteiger partial charge < -0.3 is 19.8 Å². The van der Waals surface area contributed by atoms with Crippen LogP contribution in [0.25, 0.3) is 0 Å². The van der Waals surface area contributed by atoms with E-state index in [4.69, 9.17) is 9.15 Å². The summed E-state index contributed by atoms with van der Waals surface area (Å²) in [6.07, 6.45) is 1.55. The van der Waals surface area contributed by atoms with Gasteiger partial charge in [-0.25, -0.2) is 0 Å². The number of benzene rings is 2. The minimum atomic E-state index is -0.299. The molecule has 0 aliphatic rings. The molecular weight excluding hydrogens is 344 g/mol. The summed E-state index contributed by atoms with van der Waals surface area (Å²) >= 11 is 0. The molecule has 0 spiro atoms. The Morgan fingerprint density at radius 1 is 1.04 bits per heavy atom. The third kappa shape index (κ3) is 4.36. The molecule has 2 aromatic carbocycles. The van der Waals surface area contributed by atoms with Crippen LogP contribution in [-0.4, -0.2) is 18.9 Å². The number of furan rings is 1. The van der Waals surface area contributed by atoms with Crippen molar-refractivity contribution >= 4 is 17.5 Å². The van der Waals surface area contributed by atoms with Crippen molar-refractivity contribution in [3.63, 3.8) is 0 Å². The van der Waals surface area contributed by atoms with Crippen LogP contribution in [-0.2, 0) is 6.54 Å². The summed E-state index contributed by atoms with van der Waals surface area (Å²) in [6, 6.07) is 15.6. The zero-order valence-corrected chi connectivity index (χ0v) is 15.1. The largest absolute Gasteiger partial charge is 0.496 e. The average Bonchev–Trinajstić information content (AvgIpc) is 3.20. The second-order valence-electron chi connectivity index (χ2n) is 5.95. The molecule has 0 saturated heterocycles. The monoisotopic (exact) mass is 364 g/mol. The van der Waals surface area contributed by atoms with Gasteiger partial charge in [-0.1, -0.05) is 12.1 Å². The highest BCUT2D eigenvalue weighted by atomic mass is 16.5. The minimum absolute atomic E-state index is 0.270. The fourth-order valence-corrected chi connectivity index (χ4v) is 2.68. The number of aryl methyl sites for hydroxylation is 1. The molecule has 2 amide bonds. The second-order valence-corrected chi connectivity index (χ2v) is 5.95. The molecule has 0 saturated carbocycles. The van der Waals surface area contributed by atoms with E-state index in [9.17, 15) is 9.59 Å². The molecule has 0 fully saturated rings. The van der Waals surface area contributed by atoms with Crippen LogP contribution in [0.4, 0.5) is 5.69 Å². The van der Waals surface area contributed by atoms with Crippen LogP contribution < -0.4 is 15.4 Å². The zero-order chi connectivity index (χ0) is 19.2. The van der Waals surface area contributed by atoms with Crippen LogP contribution in [0, 0.1) is 6.92 Å². The van der Waals surface area contributed by atoms with Gasteiger partial charge >= 0.3 is 0 Å². The standard InChI is InChI=1S/C21H20N2O4/c1-14-12-15(9-10-19(14)26-2)20(24)23-18-8-4-3-7-17(18)21(25)22-13-16-6-5-11-27-16/h3-12H,13H2,1-2H3,(H,22,25)(H,23,24). The Morgan fingerprint density at radius 2 is 1.85 bits per heavy atom. The number of hydrogen-bond acceptors (Lipinski definition) is 4. The van der Waals surface area contributed by atoms with E-state index < -0.39 is 0 Å². The van der Waals surface area contributed by atoms with Gasteiger partial charge in [-0.05, 0) is 55.0 Å². The van der Waals surface area contributed by atoms with Crippen LogP contribution >= 0.6 is 0 Å². The predicted octanol–water partition coefficient (Wildman–Crippen LogP) is 3.78. The zero-order valence-electron chi connectivity index (χ0n) is 15.1. The van der Waals surface area contributed by atoms with Gasteiger partial charge in [0.2, 0.25) is 0 Å². The number of carbonyl (C=O) groups excluding carboxylic acids is 2. The maximum absolute atomic E-state index is 12.6. The van der Waals surface area contributed by atoms with E-state index >= 15 is 0 Å². The summed E-state index contributed by atoms with van der Waals surface area (Å²) in [5, 5.41) is 5.58. The molecule has 0 aliphatic carbocycles. The van der Waals surface area contributed by atoms with E-state index in [0.29, 0.717) is 28.3 Å². The Bertz CT molecular complexity index is 949. The molecule has 0 atom stereocenters. The van der Waals surface area contributed by atoms with E-state index in [1.165, 1.54) is 0 Å². The van der Waals surface area contributed by atoms with E-state index in [2.05, 4.69) is 10.6 Å². The molecule has 2 N–H and O–H groups in total. The summed E-state index contributed by atoms with van der Waals surface area (Å²) in [5.41, 5.74) is 2.16. The van der Waals surface area contributed by atoms with Crippen molar-refractivity contribution in [3.05, 3.63) is 83.3 Å². The van der Waals surface area contributed by atoms with Crippen molar-refractivity contribution in [2.45, 2.75) is 13.5 Å². The first-order valence-corrected chi connectivity index (χ1v) is 8.44. The first kappa shape index (κ1) is 18.3. The third-order valence-electron chi connectivity index (χ3n) is 4.08. The lowest BCUT2D eigenvalue weighted by atomic mass is 10.1. The van der Waals surface area contributed by atoms with E-state index in [0.717, 1.165) is 5.56 Å². The lowest BCUT2D eigenvalue weighted by molar-refractivity contribution is 0.0949. The molecule has 3 rings (SSSR count). The highest BCUT2D eigenvalue weighted by Crippen LogP contribution is 2.21. The number of rotatable bonds is 6. The average molecular weight is 364 g/mol. The van der Waals surface area contributed by atoms with E-state index in [1.807, 2.05) is 6.92 Å². The molecule has 0 unspecified atom stereocenters. The maximum atomic E-state index is 12.6. The number of amides is 2. The SMILES string of the molecule is COc1ccc(C(=O)Nc2ccccc2C(=O)NCc2ccco2)cc1C. The van der Waals surface area contributed by atoms with Crippen LogP contribution in [0.5, 0.6) is 5.75 Å². The number of carbonyl (C=O) groups is 2. The smallest absolute Gasteiger partial charge is 0.255 e. The summed E-state index contributed by atoms with van der Waals surface area (Å²) in [7, 11) is 1.58. The van der Waals surface area contributed by atoms with Gasteiger partial charge in [0, 0.05) is 5.56 Å². The van der Waals surface area contributed by atoms with Crippen molar-refractivity contribution < 1.29 is 18.7 Å². The topological polar surface area (TPSA) is 80.6 Å². The molecule has 138 valence electrons. The molecule has 0 bridgehead atoms. The Balaban J connectivity index is 1.74. The van der Waals surface area contributed by atoms with Gasteiger partial charge in [0.05, 0.1) is 31.2 Å². The van der Waals surface area contributed by atoms with E-state index in [-0.39, 0.29) is 18.4 Å². The second kappa shape index (κ2) is 8.23. The molecule has 0 aliphatic heterocycles. The predicted molar refractivity (Wildman–Crippen MR) is 102 cm³/mol. The van der Waals surface area contributed by atoms with Crippen molar-refractivity contribution in [2.75, 3.05) is 12.4 Å². The molecule has 6 heteroatoms. The number of methoxy groups -OCH3 is 1. The Kier molecular flexibility index (Phi) is 5.56. The highest BCUT2D eigenvalue weighted by molar-refractivity contribution is 6.09. The Labute approximate surface area is 157 Å². The molecular formula is C21H20N2O4. The van der Waals surface area contributed by atoms with Crippen LogP contribution in [0.15, 0.2) is 65.3 Å². The number of nitrogens with one attached hydrogen (secondary N) is 2. The van der Waals surface area contributed by atoms with Crippen LogP contribution in [0.2, 0.25) is 0 Å². The summed E-state index contributed by atoms with van der Waals surface area (Å²) in [5.74, 6) is 0.767. The maximum Gasteiger partial charge on any atom is 0.255 e. The van der Waals surface area contributed by atoms with Gasteiger partial charge in [-0.2, -0.15) is 0 Å². The fourth-order valence-electron chi connectivity index (χ4n) is 2.68. The van der Waals surface area contributed by atoms with Gasteiger partial charge in [0.15, 0.2) is 0 Å². The normalized spacial score (nSPS) is 10.3. The molecule has 3 aromatic rings. The summed E-state index contributed by atoms with van der Waals surface area (Å²) < 4.78 is 10.4. The first-order chi connectivity index (χ1) is 13.1. The van der Waals surface area contributed by atoms with Gasteiger partial charge in [0.25, 0.3) is 11.8 Å². The lowest BCUT2D eigenvalue weighted by Gasteiger charge is -2.12. The van der Waals surface area contributed by atoms with Gasteiger partial charge in [-0.3, -0.25) is 9.59 Å². The molecule has 1 aromatic heterocycles. The highest BCUT2D eigenvalue weighted by Gasteiger charge is 2.15. The quantitative estimate of drug-likeness (QED) is 0.697. The fraction of sp³-hybridized carbons (Fsp3) is 0.143. The minimum Gasteiger partial charge on any atom is -0.496 e. The molecule has 0 radical (unpaired) electrons.